The summed E-state index contributed by atoms with van der Waals surface area (Å²) in [5.41, 5.74) is 0.268. The van der Waals surface area contributed by atoms with Crippen molar-refractivity contribution < 1.29 is 0 Å². The summed E-state index contributed by atoms with van der Waals surface area (Å²) in [5, 5.41) is 0.341. The number of alkyl halides is 1. The molecular formula is C14H29Cl. The maximum absolute atomic E-state index is 6.32. The van der Waals surface area contributed by atoms with Crippen molar-refractivity contribution in [2.24, 2.45) is 5.41 Å². The third-order valence-corrected chi connectivity index (χ3v) is 3.87. The SMILES string of the molecule is CCCCCCCCCC(Cl)C(C)(C)C. The van der Waals surface area contributed by atoms with Crippen LogP contribution in [0.2, 0.25) is 0 Å². The molecule has 15 heavy (non-hydrogen) atoms. The molecule has 0 saturated carbocycles. The molecule has 0 bridgehead atoms. The van der Waals surface area contributed by atoms with Crippen molar-refractivity contribution in [2.75, 3.05) is 0 Å². The van der Waals surface area contributed by atoms with Gasteiger partial charge in [-0.3, -0.25) is 0 Å². The highest BCUT2D eigenvalue weighted by Crippen LogP contribution is 2.28. The van der Waals surface area contributed by atoms with Crippen LogP contribution in [0.4, 0.5) is 0 Å². The first-order chi connectivity index (χ1) is 6.98. The van der Waals surface area contributed by atoms with Gasteiger partial charge in [0.1, 0.15) is 0 Å². The molecule has 0 aromatic carbocycles. The lowest BCUT2D eigenvalue weighted by molar-refractivity contribution is 0.364. The lowest BCUT2D eigenvalue weighted by Gasteiger charge is -2.24. The summed E-state index contributed by atoms with van der Waals surface area (Å²) >= 11 is 6.32. The molecule has 0 fully saturated rings. The lowest BCUT2D eigenvalue weighted by Crippen LogP contribution is -2.20. The van der Waals surface area contributed by atoms with E-state index in [1.807, 2.05) is 0 Å². The highest BCUT2D eigenvalue weighted by atomic mass is 35.5. The molecule has 0 aliphatic heterocycles. The second-order valence-corrected chi connectivity index (χ2v) is 6.27. The van der Waals surface area contributed by atoms with Gasteiger partial charge in [0.05, 0.1) is 0 Å². The van der Waals surface area contributed by atoms with Crippen LogP contribution in [0.25, 0.3) is 0 Å². The summed E-state index contributed by atoms with van der Waals surface area (Å²) in [7, 11) is 0. The molecule has 0 saturated heterocycles. The maximum atomic E-state index is 6.32. The van der Waals surface area contributed by atoms with Gasteiger partial charge in [-0.2, -0.15) is 0 Å². The van der Waals surface area contributed by atoms with E-state index < -0.39 is 0 Å². The van der Waals surface area contributed by atoms with Crippen LogP contribution in [0.3, 0.4) is 0 Å². The molecule has 0 aromatic rings. The number of unbranched alkanes of at least 4 members (excludes halogenated alkanes) is 6. The van der Waals surface area contributed by atoms with Gasteiger partial charge >= 0.3 is 0 Å². The predicted molar refractivity (Wildman–Crippen MR) is 71.7 cm³/mol. The topological polar surface area (TPSA) is 0 Å². The molecule has 0 aliphatic rings. The van der Waals surface area contributed by atoms with Crippen molar-refractivity contribution >= 4 is 11.6 Å². The van der Waals surface area contributed by atoms with Gasteiger partial charge in [0.2, 0.25) is 0 Å². The Morgan fingerprint density at radius 3 is 1.80 bits per heavy atom. The summed E-state index contributed by atoms with van der Waals surface area (Å²) in [4.78, 5) is 0. The van der Waals surface area contributed by atoms with Crippen molar-refractivity contribution in [1.29, 1.82) is 0 Å². The minimum Gasteiger partial charge on any atom is -0.122 e. The molecule has 0 spiro atoms. The van der Waals surface area contributed by atoms with Crippen molar-refractivity contribution in [3.05, 3.63) is 0 Å². The van der Waals surface area contributed by atoms with E-state index in [1.165, 1.54) is 51.4 Å². The lowest BCUT2D eigenvalue weighted by atomic mass is 9.88. The summed E-state index contributed by atoms with van der Waals surface area (Å²) in [6.07, 6.45) is 10.8. The van der Waals surface area contributed by atoms with Gasteiger partial charge in [0.25, 0.3) is 0 Å². The van der Waals surface area contributed by atoms with Crippen molar-refractivity contribution in [1.82, 2.24) is 0 Å². The van der Waals surface area contributed by atoms with Crippen LogP contribution in [-0.2, 0) is 0 Å². The van der Waals surface area contributed by atoms with E-state index in [1.54, 1.807) is 0 Å². The number of hydrogen-bond acceptors (Lipinski definition) is 0. The van der Waals surface area contributed by atoms with Gasteiger partial charge in [-0.15, -0.1) is 11.6 Å². The van der Waals surface area contributed by atoms with Crippen LogP contribution in [0, 0.1) is 5.41 Å². The Hall–Kier alpha value is 0.290. The van der Waals surface area contributed by atoms with Crippen LogP contribution in [0.1, 0.15) is 79.1 Å². The van der Waals surface area contributed by atoms with E-state index >= 15 is 0 Å². The van der Waals surface area contributed by atoms with E-state index in [0.717, 1.165) is 0 Å². The van der Waals surface area contributed by atoms with Gasteiger partial charge in [0.15, 0.2) is 0 Å². The first-order valence-corrected chi connectivity index (χ1v) is 7.06. The van der Waals surface area contributed by atoms with Gasteiger partial charge in [-0.25, -0.2) is 0 Å². The largest absolute Gasteiger partial charge is 0.122 e. The fraction of sp³-hybridized carbons (Fsp3) is 1.00. The average Bonchev–Trinajstić information content (AvgIpc) is 2.14. The Labute approximate surface area is 102 Å². The Bertz CT molecular complexity index is 135. The van der Waals surface area contributed by atoms with Crippen LogP contribution < -0.4 is 0 Å². The van der Waals surface area contributed by atoms with Crippen molar-refractivity contribution in [3.8, 4) is 0 Å². The van der Waals surface area contributed by atoms with Crippen LogP contribution in [0.5, 0.6) is 0 Å². The van der Waals surface area contributed by atoms with Crippen LogP contribution >= 0.6 is 11.6 Å². The third kappa shape index (κ3) is 9.23. The van der Waals surface area contributed by atoms with Crippen molar-refractivity contribution in [2.45, 2.75) is 84.4 Å². The summed E-state index contributed by atoms with van der Waals surface area (Å²) in [5.74, 6) is 0. The highest BCUT2D eigenvalue weighted by Gasteiger charge is 2.21. The van der Waals surface area contributed by atoms with Gasteiger partial charge in [0, 0.05) is 5.38 Å². The van der Waals surface area contributed by atoms with E-state index in [-0.39, 0.29) is 5.41 Å². The first-order valence-electron chi connectivity index (χ1n) is 6.62. The molecule has 0 rings (SSSR count). The molecule has 1 unspecified atom stereocenters. The average molecular weight is 233 g/mol. The Morgan fingerprint density at radius 2 is 1.33 bits per heavy atom. The molecule has 0 radical (unpaired) electrons. The zero-order valence-electron chi connectivity index (χ0n) is 11.1. The molecule has 0 heterocycles. The van der Waals surface area contributed by atoms with Gasteiger partial charge < -0.3 is 0 Å². The number of halogens is 1. The second kappa shape index (κ2) is 8.44. The predicted octanol–water partition coefficient (Wildman–Crippen LogP) is 5.78. The quantitative estimate of drug-likeness (QED) is 0.368. The maximum Gasteiger partial charge on any atom is 0.0384 e. The molecular weight excluding hydrogens is 204 g/mol. The fourth-order valence-corrected chi connectivity index (χ4v) is 1.87. The first kappa shape index (κ1) is 15.3. The monoisotopic (exact) mass is 232 g/mol. The third-order valence-electron chi connectivity index (χ3n) is 3.00. The van der Waals surface area contributed by atoms with Crippen molar-refractivity contribution in [3.63, 3.8) is 0 Å². The zero-order chi connectivity index (χ0) is 11.7. The molecule has 0 amide bonds. The Morgan fingerprint density at radius 1 is 0.867 bits per heavy atom. The van der Waals surface area contributed by atoms with Gasteiger partial charge in [-0.05, 0) is 11.8 Å². The van der Waals surface area contributed by atoms with E-state index in [0.29, 0.717) is 5.38 Å². The highest BCUT2D eigenvalue weighted by molar-refractivity contribution is 6.21. The number of hydrogen-bond donors (Lipinski definition) is 0. The molecule has 0 N–H and O–H groups in total. The van der Waals surface area contributed by atoms with E-state index in [9.17, 15) is 0 Å². The smallest absolute Gasteiger partial charge is 0.0384 e. The molecule has 0 aromatic heterocycles. The molecule has 1 heteroatoms. The molecule has 1 atom stereocenters. The zero-order valence-corrected chi connectivity index (χ0v) is 11.9. The van der Waals surface area contributed by atoms with Gasteiger partial charge in [-0.1, -0.05) is 72.6 Å². The van der Waals surface area contributed by atoms with Crippen LogP contribution in [0.15, 0.2) is 0 Å². The Kier molecular flexibility index (Phi) is 8.61. The minimum absolute atomic E-state index is 0.268. The minimum atomic E-state index is 0.268. The molecule has 0 nitrogen and oxygen atoms in total. The standard InChI is InChI=1S/C14H29Cl/c1-5-6-7-8-9-10-11-12-13(15)14(2,3)4/h13H,5-12H2,1-4H3. The second-order valence-electron chi connectivity index (χ2n) is 5.74. The normalized spacial score (nSPS) is 14.2. The number of rotatable bonds is 8. The Balaban J connectivity index is 3.24. The van der Waals surface area contributed by atoms with E-state index in [2.05, 4.69) is 27.7 Å². The van der Waals surface area contributed by atoms with Crippen LogP contribution in [-0.4, -0.2) is 5.38 Å². The fourth-order valence-electron chi connectivity index (χ4n) is 1.71. The summed E-state index contributed by atoms with van der Waals surface area (Å²) < 4.78 is 0. The van der Waals surface area contributed by atoms with E-state index in [4.69, 9.17) is 11.6 Å². The molecule has 0 aliphatic carbocycles. The summed E-state index contributed by atoms with van der Waals surface area (Å²) in [6, 6.07) is 0. The summed E-state index contributed by atoms with van der Waals surface area (Å²) in [6.45, 7) is 8.95. The molecule has 92 valence electrons.